The zero-order chi connectivity index (χ0) is 17.8. The van der Waals surface area contributed by atoms with Crippen LogP contribution in [0.15, 0.2) is 30.6 Å². The summed E-state index contributed by atoms with van der Waals surface area (Å²) >= 11 is 0. The number of carbonyl (C=O) groups excluding carboxylic acids is 1. The van der Waals surface area contributed by atoms with Crippen LogP contribution in [0.1, 0.15) is 35.9 Å². The van der Waals surface area contributed by atoms with E-state index in [1.54, 1.807) is 6.20 Å². The fourth-order valence-corrected chi connectivity index (χ4v) is 3.52. The third kappa shape index (κ3) is 3.94. The number of hydrogen-bond donors (Lipinski definition) is 1. The Morgan fingerprint density at radius 1 is 1.27 bits per heavy atom. The highest BCUT2D eigenvalue weighted by atomic mass is 16.5. The van der Waals surface area contributed by atoms with E-state index in [1.165, 1.54) is 5.56 Å². The summed E-state index contributed by atoms with van der Waals surface area (Å²) in [5, 5.41) is 7.74. The van der Waals surface area contributed by atoms with E-state index in [0.717, 1.165) is 30.7 Å². The van der Waals surface area contributed by atoms with Gasteiger partial charge in [0.05, 0.1) is 24.5 Å². The molecule has 2 aliphatic rings. The SMILES string of the molecule is O=C(NC[C@H]1OCCc2cn(Cc3ccccn3)nc21)C1CCOCC1. The smallest absolute Gasteiger partial charge is 0.223 e. The topological polar surface area (TPSA) is 78.3 Å². The summed E-state index contributed by atoms with van der Waals surface area (Å²) in [7, 11) is 0. The molecule has 26 heavy (non-hydrogen) atoms. The Labute approximate surface area is 152 Å². The molecule has 2 aliphatic heterocycles. The van der Waals surface area contributed by atoms with Crippen molar-refractivity contribution in [2.45, 2.75) is 31.9 Å². The Morgan fingerprint density at radius 3 is 2.96 bits per heavy atom. The lowest BCUT2D eigenvalue weighted by Gasteiger charge is -2.25. The third-order valence-corrected chi connectivity index (χ3v) is 4.97. The molecular formula is C19H24N4O3. The monoisotopic (exact) mass is 356 g/mol. The fourth-order valence-electron chi connectivity index (χ4n) is 3.52. The van der Waals surface area contributed by atoms with Gasteiger partial charge in [0.15, 0.2) is 0 Å². The van der Waals surface area contributed by atoms with Crippen LogP contribution < -0.4 is 5.32 Å². The highest BCUT2D eigenvalue weighted by Crippen LogP contribution is 2.25. The van der Waals surface area contributed by atoms with Crippen LogP contribution in [0.25, 0.3) is 0 Å². The molecule has 1 N–H and O–H groups in total. The maximum absolute atomic E-state index is 12.3. The molecule has 2 aromatic heterocycles. The zero-order valence-electron chi connectivity index (χ0n) is 14.8. The first kappa shape index (κ1) is 17.2. The van der Waals surface area contributed by atoms with Gasteiger partial charge in [0.2, 0.25) is 5.91 Å². The van der Waals surface area contributed by atoms with Gasteiger partial charge in [0.25, 0.3) is 0 Å². The second kappa shape index (κ2) is 7.97. The van der Waals surface area contributed by atoms with E-state index in [1.807, 2.05) is 22.9 Å². The molecule has 138 valence electrons. The van der Waals surface area contributed by atoms with Crippen LogP contribution in [0.2, 0.25) is 0 Å². The first-order valence-corrected chi connectivity index (χ1v) is 9.23. The number of pyridine rings is 1. The summed E-state index contributed by atoms with van der Waals surface area (Å²) in [6, 6.07) is 5.87. The molecule has 0 radical (unpaired) electrons. The molecule has 4 rings (SSSR count). The molecule has 0 saturated carbocycles. The molecule has 1 saturated heterocycles. The first-order valence-electron chi connectivity index (χ1n) is 9.23. The van der Waals surface area contributed by atoms with Gasteiger partial charge < -0.3 is 14.8 Å². The molecule has 1 atom stereocenters. The number of hydrogen-bond acceptors (Lipinski definition) is 5. The number of rotatable bonds is 5. The summed E-state index contributed by atoms with van der Waals surface area (Å²) < 4.78 is 13.1. The number of amides is 1. The number of nitrogens with zero attached hydrogens (tertiary/aromatic N) is 3. The second-order valence-corrected chi connectivity index (χ2v) is 6.80. The van der Waals surface area contributed by atoms with Gasteiger partial charge in [-0.2, -0.15) is 5.10 Å². The van der Waals surface area contributed by atoms with Gasteiger partial charge in [-0.05, 0) is 37.0 Å². The lowest BCUT2D eigenvalue weighted by molar-refractivity contribution is -0.128. The van der Waals surface area contributed by atoms with E-state index in [4.69, 9.17) is 14.6 Å². The van der Waals surface area contributed by atoms with Crippen molar-refractivity contribution in [1.29, 1.82) is 0 Å². The van der Waals surface area contributed by atoms with E-state index in [-0.39, 0.29) is 17.9 Å². The predicted octanol–water partition coefficient (Wildman–Crippen LogP) is 1.48. The van der Waals surface area contributed by atoms with Crippen molar-refractivity contribution in [1.82, 2.24) is 20.1 Å². The van der Waals surface area contributed by atoms with Crippen molar-refractivity contribution in [3.05, 3.63) is 47.5 Å². The third-order valence-electron chi connectivity index (χ3n) is 4.97. The number of aromatic nitrogens is 3. The molecule has 0 spiro atoms. The Hall–Kier alpha value is -2.25. The van der Waals surface area contributed by atoms with Crippen molar-refractivity contribution in [2.24, 2.45) is 5.92 Å². The predicted molar refractivity (Wildman–Crippen MR) is 94.5 cm³/mol. The Morgan fingerprint density at radius 2 is 2.15 bits per heavy atom. The molecule has 7 nitrogen and oxygen atoms in total. The summed E-state index contributed by atoms with van der Waals surface area (Å²) in [6.07, 6.45) is 6.11. The van der Waals surface area contributed by atoms with Gasteiger partial charge in [0, 0.05) is 38.1 Å². The molecule has 1 fully saturated rings. The largest absolute Gasteiger partial charge is 0.381 e. The Bertz CT molecular complexity index is 740. The van der Waals surface area contributed by atoms with Crippen molar-refractivity contribution >= 4 is 5.91 Å². The lowest BCUT2D eigenvalue weighted by Crippen LogP contribution is -2.37. The summed E-state index contributed by atoms with van der Waals surface area (Å²) in [5.41, 5.74) is 3.09. The van der Waals surface area contributed by atoms with Gasteiger partial charge in [-0.3, -0.25) is 14.5 Å². The van der Waals surface area contributed by atoms with Crippen LogP contribution in [0.3, 0.4) is 0 Å². The van der Waals surface area contributed by atoms with Crippen molar-refractivity contribution < 1.29 is 14.3 Å². The minimum atomic E-state index is -0.187. The fraction of sp³-hybridized carbons (Fsp3) is 0.526. The number of carbonyl (C=O) groups is 1. The highest BCUT2D eigenvalue weighted by Gasteiger charge is 2.27. The Balaban J connectivity index is 1.39. The first-order chi connectivity index (χ1) is 12.8. The molecule has 1 amide bonds. The highest BCUT2D eigenvalue weighted by molar-refractivity contribution is 5.78. The minimum Gasteiger partial charge on any atom is -0.381 e. The van der Waals surface area contributed by atoms with Crippen LogP contribution in [-0.4, -0.2) is 47.0 Å². The molecule has 7 heteroatoms. The van der Waals surface area contributed by atoms with Gasteiger partial charge >= 0.3 is 0 Å². The lowest BCUT2D eigenvalue weighted by atomic mass is 9.99. The average Bonchev–Trinajstić information content (AvgIpc) is 3.10. The quantitative estimate of drug-likeness (QED) is 0.878. The molecule has 0 unspecified atom stereocenters. The maximum Gasteiger partial charge on any atom is 0.223 e. The Kier molecular flexibility index (Phi) is 5.26. The van der Waals surface area contributed by atoms with Gasteiger partial charge in [0.1, 0.15) is 6.10 Å². The van der Waals surface area contributed by atoms with Gasteiger partial charge in [-0.25, -0.2) is 0 Å². The minimum absolute atomic E-state index is 0.0496. The maximum atomic E-state index is 12.3. The van der Waals surface area contributed by atoms with E-state index in [0.29, 0.717) is 32.9 Å². The van der Waals surface area contributed by atoms with Crippen LogP contribution in [0, 0.1) is 5.92 Å². The van der Waals surface area contributed by atoms with Crippen molar-refractivity contribution in [2.75, 3.05) is 26.4 Å². The zero-order valence-corrected chi connectivity index (χ0v) is 14.8. The normalized spacial score (nSPS) is 20.5. The molecule has 0 aliphatic carbocycles. The van der Waals surface area contributed by atoms with Crippen LogP contribution >= 0.6 is 0 Å². The van der Waals surface area contributed by atoms with Gasteiger partial charge in [-0.15, -0.1) is 0 Å². The van der Waals surface area contributed by atoms with Gasteiger partial charge in [-0.1, -0.05) is 6.07 Å². The van der Waals surface area contributed by atoms with E-state index >= 15 is 0 Å². The van der Waals surface area contributed by atoms with E-state index < -0.39 is 0 Å². The average molecular weight is 356 g/mol. The molecule has 2 aromatic rings. The molecular weight excluding hydrogens is 332 g/mol. The summed E-state index contributed by atoms with van der Waals surface area (Å²) in [6.45, 7) is 3.08. The molecule has 0 bridgehead atoms. The van der Waals surface area contributed by atoms with Crippen molar-refractivity contribution in [3.8, 4) is 0 Å². The van der Waals surface area contributed by atoms with Crippen molar-refractivity contribution in [3.63, 3.8) is 0 Å². The second-order valence-electron chi connectivity index (χ2n) is 6.80. The van der Waals surface area contributed by atoms with E-state index in [9.17, 15) is 4.79 Å². The van der Waals surface area contributed by atoms with E-state index in [2.05, 4.69) is 16.5 Å². The number of nitrogens with one attached hydrogen (secondary N) is 1. The standard InChI is InChI=1S/C19H24N4O3/c24-19(14-4-8-25-9-5-14)21-11-17-18-15(6-10-26-17)12-23(22-18)13-16-3-1-2-7-20-16/h1-3,7,12,14,17H,4-6,8-11,13H2,(H,21,24)/t17-/m1/s1. The molecule has 0 aromatic carbocycles. The van der Waals surface area contributed by atoms with Crippen LogP contribution in [-0.2, 0) is 27.2 Å². The summed E-state index contributed by atoms with van der Waals surface area (Å²) in [5.74, 6) is 0.144. The van der Waals surface area contributed by atoms with Crippen LogP contribution in [0.5, 0.6) is 0 Å². The number of fused-ring (bicyclic) bond motifs is 1. The number of ether oxygens (including phenoxy) is 2. The van der Waals surface area contributed by atoms with Crippen LogP contribution in [0.4, 0.5) is 0 Å². The summed E-state index contributed by atoms with van der Waals surface area (Å²) in [4.78, 5) is 16.7. The molecule has 4 heterocycles.